The van der Waals surface area contributed by atoms with Gasteiger partial charge in [-0.3, -0.25) is 9.59 Å². The quantitative estimate of drug-likeness (QED) is 0.804. The van der Waals surface area contributed by atoms with Gasteiger partial charge in [-0.1, -0.05) is 18.2 Å². The van der Waals surface area contributed by atoms with Crippen molar-refractivity contribution in [2.24, 2.45) is 5.92 Å². The molecule has 1 unspecified atom stereocenters. The zero-order valence-electron chi connectivity index (χ0n) is 10.6. The highest BCUT2D eigenvalue weighted by atomic mass is 16.4. The van der Waals surface area contributed by atoms with E-state index in [2.05, 4.69) is 5.32 Å². The van der Waals surface area contributed by atoms with Crippen molar-refractivity contribution in [3.05, 3.63) is 36.1 Å². The molecule has 0 saturated heterocycles. The average molecular weight is 261 g/mol. The van der Waals surface area contributed by atoms with Crippen LogP contribution in [0.3, 0.4) is 0 Å². The van der Waals surface area contributed by atoms with E-state index in [1.165, 1.54) is 6.92 Å². The van der Waals surface area contributed by atoms with Crippen LogP contribution in [-0.2, 0) is 16.0 Å². The molecule has 0 radical (unpaired) electrons. The van der Waals surface area contributed by atoms with Crippen molar-refractivity contribution < 1.29 is 19.1 Å². The molecule has 0 fully saturated rings. The minimum absolute atomic E-state index is 0.389. The molecule has 0 aliphatic heterocycles. The van der Waals surface area contributed by atoms with Crippen LogP contribution in [0.5, 0.6) is 0 Å². The Balaban J connectivity index is 1.93. The third-order valence-corrected chi connectivity index (χ3v) is 3.02. The molecule has 1 atom stereocenters. The van der Waals surface area contributed by atoms with Crippen LogP contribution in [0.25, 0.3) is 11.0 Å². The molecule has 5 heteroatoms. The van der Waals surface area contributed by atoms with Crippen molar-refractivity contribution in [2.75, 3.05) is 6.54 Å². The van der Waals surface area contributed by atoms with Crippen molar-refractivity contribution in [1.29, 1.82) is 0 Å². The van der Waals surface area contributed by atoms with Crippen molar-refractivity contribution >= 4 is 22.8 Å². The topological polar surface area (TPSA) is 79.5 Å². The first kappa shape index (κ1) is 13.1. The Bertz CT molecular complexity index is 602. The van der Waals surface area contributed by atoms with Crippen LogP contribution in [0.15, 0.2) is 34.9 Å². The summed E-state index contributed by atoms with van der Waals surface area (Å²) in [6.07, 6.45) is 2.27. The Labute approximate surface area is 110 Å². The van der Waals surface area contributed by atoms with Crippen LogP contribution in [0.2, 0.25) is 0 Å². The van der Waals surface area contributed by atoms with E-state index in [9.17, 15) is 9.59 Å². The third-order valence-electron chi connectivity index (χ3n) is 3.02. The first-order valence-electron chi connectivity index (χ1n) is 6.05. The standard InChI is InChI=1S/C14H15NO4/c1-9(14(17)18)13(16)15-7-6-10-8-19-12-5-3-2-4-11(10)12/h2-5,8-9H,6-7H2,1H3,(H,15,16)(H,17,18). The fraction of sp³-hybridized carbons (Fsp3) is 0.286. The van der Waals surface area contributed by atoms with Gasteiger partial charge in [0.2, 0.25) is 5.91 Å². The minimum atomic E-state index is -1.12. The average Bonchev–Trinajstić information content (AvgIpc) is 2.81. The van der Waals surface area contributed by atoms with E-state index >= 15 is 0 Å². The van der Waals surface area contributed by atoms with E-state index in [0.29, 0.717) is 13.0 Å². The molecule has 0 spiro atoms. The molecule has 19 heavy (non-hydrogen) atoms. The number of carbonyl (C=O) groups excluding carboxylic acids is 1. The summed E-state index contributed by atoms with van der Waals surface area (Å²) in [4.78, 5) is 22.1. The highest BCUT2D eigenvalue weighted by molar-refractivity contribution is 5.96. The highest BCUT2D eigenvalue weighted by Crippen LogP contribution is 2.20. The smallest absolute Gasteiger partial charge is 0.315 e. The highest BCUT2D eigenvalue weighted by Gasteiger charge is 2.19. The molecule has 1 heterocycles. The van der Waals surface area contributed by atoms with E-state index in [-0.39, 0.29) is 0 Å². The van der Waals surface area contributed by atoms with E-state index < -0.39 is 17.8 Å². The maximum Gasteiger partial charge on any atom is 0.315 e. The molecule has 0 aliphatic rings. The van der Waals surface area contributed by atoms with Gasteiger partial charge >= 0.3 is 5.97 Å². The number of benzene rings is 1. The largest absolute Gasteiger partial charge is 0.481 e. The van der Waals surface area contributed by atoms with Gasteiger partial charge in [0, 0.05) is 11.9 Å². The molecule has 2 N–H and O–H groups in total. The van der Waals surface area contributed by atoms with Gasteiger partial charge in [0.15, 0.2) is 0 Å². The lowest BCUT2D eigenvalue weighted by atomic mass is 10.1. The number of carboxylic acid groups (broad SMARTS) is 1. The van der Waals surface area contributed by atoms with Gasteiger partial charge in [-0.05, 0) is 25.0 Å². The van der Waals surface area contributed by atoms with Crippen molar-refractivity contribution in [2.45, 2.75) is 13.3 Å². The Kier molecular flexibility index (Phi) is 3.85. The fourth-order valence-corrected chi connectivity index (χ4v) is 1.81. The summed E-state index contributed by atoms with van der Waals surface area (Å²) < 4.78 is 5.39. The number of aliphatic carboxylic acids is 1. The molecule has 100 valence electrons. The van der Waals surface area contributed by atoms with Crippen LogP contribution >= 0.6 is 0 Å². The summed E-state index contributed by atoms with van der Waals surface area (Å²) in [5.41, 5.74) is 1.81. The summed E-state index contributed by atoms with van der Waals surface area (Å²) in [6.45, 7) is 1.75. The maximum atomic E-state index is 11.5. The number of carboxylic acids is 1. The normalized spacial score (nSPS) is 12.3. The van der Waals surface area contributed by atoms with E-state index in [0.717, 1.165) is 16.5 Å². The molecule has 0 bridgehead atoms. The molecular weight excluding hydrogens is 246 g/mol. The summed E-state index contributed by atoms with van der Waals surface area (Å²) in [5, 5.41) is 12.3. The molecule has 0 saturated carbocycles. The number of furan rings is 1. The van der Waals surface area contributed by atoms with Crippen molar-refractivity contribution in [1.82, 2.24) is 5.32 Å². The lowest BCUT2D eigenvalue weighted by Crippen LogP contribution is -2.34. The van der Waals surface area contributed by atoms with Crippen LogP contribution in [0, 0.1) is 5.92 Å². The van der Waals surface area contributed by atoms with Gasteiger partial charge in [0.1, 0.15) is 11.5 Å². The minimum Gasteiger partial charge on any atom is -0.481 e. The first-order valence-corrected chi connectivity index (χ1v) is 6.05. The third kappa shape index (κ3) is 2.93. The van der Waals surface area contributed by atoms with Crippen molar-refractivity contribution in [3.8, 4) is 0 Å². The molecule has 2 aromatic rings. The number of fused-ring (bicyclic) bond motifs is 1. The molecule has 1 aromatic carbocycles. The van der Waals surface area contributed by atoms with E-state index in [1.54, 1.807) is 6.26 Å². The number of hydrogen-bond acceptors (Lipinski definition) is 3. The Morgan fingerprint density at radius 1 is 1.37 bits per heavy atom. The number of rotatable bonds is 5. The number of nitrogens with one attached hydrogen (secondary N) is 1. The molecule has 0 aliphatic carbocycles. The zero-order chi connectivity index (χ0) is 13.8. The predicted molar refractivity (Wildman–Crippen MR) is 69.7 cm³/mol. The van der Waals surface area contributed by atoms with Gasteiger partial charge in [0.05, 0.1) is 6.26 Å². The summed E-state index contributed by atoms with van der Waals surface area (Å²) in [5.74, 6) is -2.62. The molecular formula is C14H15NO4. The van der Waals surface area contributed by atoms with Gasteiger partial charge in [-0.15, -0.1) is 0 Å². The molecule has 1 aromatic heterocycles. The first-order chi connectivity index (χ1) is 9.09. The second-order valence-corrected chi connectivity index (χ2v) is 4.36. The number of amides is 1. The second-order valence-electron chi connectivity index (χ2n) is 4.36. The lowest BCUT2D eigenvalue weighted by Gasteiger charge is -2.07. The summed E-state index contributed by atoms with van der Waals surface area (Å²) in [7, 11) is 0. The number of para-hydroxylation sites is 1. The fourth-order valence-electron chi connectivity index (χ4n) is 1.81. The Hall–Kier alpha value is -2.30. The van der Waals surface area contributed by atoms with Gasteiger partial charge in [-0.25, -0.2) is 0 Å². The van der Waals surface area contributed by atoms with Gasteiger partial charge in [-0.2, -0.15) is 0 Å². The number of hydrogen-bond donors (Lipinski definition) is 2. The van der Waals surface area contributed by atoms with E-state index in [1.807, 2.05) is 24.3 Å². The molecule has 5 nitrogen and oxygen atoms in total. The molecule has 1 amide bonds. The Morgan fingerprint density at radius 3 is 2.84 bits per heavy atom. The maximum absolute atomic E-state index is 11.5. The summed E-state index contributed by atoms with van der Waals surface area (Å²) in [6, 6.07) is 7.65. The monoisotopic (exact) mass is 261 g/mol. The van der Waals surface area contributed by atoms with Gasteiger partial charge in [0.25, 0.3) is 0 Å². The Morgan fingerprint density at radius 2 is 2.11 bits per heavy atom. The SMILES string of the molecule is CC(C(=O)O)C(=O)NCCc1coc2ccccc12. The lowest BCUT2D eigenvalue weighted by molar-refractivity contribution is -0.146. The van der Waals surface area contributed by atoms with Gasteiger partial charge < -0.3 is 14.8 Å². The van der Waals surface area contributed by atoms with Crippen LogP contribution in [0.4, 0.5) is 0 Å². The second kappa shape index (κ2) is 5.56. The van der Waals surface area contributed by atoms with Crippen molar-refractivity contribution in [3.63, 3.8) is 0 Å². The van der Waals surface area contributed by atoms with Crippen LogP contribution in [0.1, 0.15) is 12.5 Å². The van der Waals surface area contributed by atoms with Crippen LogP contribution in [-0.4, -0.2) is 23.5 Å². The number of carbonyl (C=O) groups is 2. The molecule has 2 rings (SSSR count). The summed E-state index contributed by atoms with van der Waals surface area (Å²) >= 11 is 0. The van der Waals surface area contributed by atoms with E-state index in [4.69, 9.17) is 9.52 Å². The zero-order valence-corrected chi connectivity index (χ0v) is 10.6. The van der Waals surface area contributed by atoms with Crippen LogP contribution < -0.4 is 5.32 Å². The predicted octanol–water partition coefficient (Wildman–Crippen LogP) is 1.81.